The zero-order valence-electron chi connectivity index (χ0n) is 13.0. The number of hydrogen-bond donors (Lipinski definition) is 0. The fourth-order valence-electron chi connectivity index (χ4n) is 3.02. The van der Waals surface area contributed by atoms with Crippen molar-refractivity contribution in [3.8, 4) is 10.7 Å². The van der Waals surface area contributed by atoms with Gasteiger partial charge in [-0.1, -0.05) is 17.4 Å². The molecule has 0 aliphatic carbocycles. The smallest absolute Gasteiger partial charge is 0.208 e. The van der Waals surface area contributed by atoms with Crippen molar-refractivity contribution in [1.82, 2.24) is 25.0 Å². The topological polar surface area (TPSA) is 59.7 Å². The van der Waals surface area contributed by atoms with Crippen LogP contribution in [0.15, 0.2) is 36.8 Å². The van der Waals surface area contributed by atoms with E-state index >= 15 is 0 Å². The van der Waals surface area contributed by atoms with Gasteiger partial charge in [-0.15, -0.1) is 10.2 Å². The summed E-state index contributed by atoms with van der Waals surface area (Å²) in [6.07, 6.45) is 8.12. The van der Waals surface area contributed by atoms with Crippen molar-refractivity contribution in [3.05, 3.63) is 42.4 Å². The van der Waals surface area contributed by atoms with Crippen LogP contribution in [0, 0.1) is 5.92 Å². The Labute approximate surface area is 138 Å². The molecule has 4 heterocycles. The van der Waals surface area contributed by atoms with Crippen LogP contribution in [0.25, 0.3) is 10.7 Å². The fraction of sp³-hybridized carbons (Fsp3) is 0.375. The van der Waals surface area contributed by atoms with Gasteiger partial charge in [-0.25, -0.2) is 0 Å². The van der Waals surface area contributed by atoms with Crippen LogP contribution in [0.3, 0.4) is 0 Å². The summed E-state index contributed by atoms with van der Waals surface area (Å²) in [4.78, 5) is 6.68. The summed E-state index contributed by atoms with van der Waals surface area (Å²) >= 11 is 1.62. The number of nitrogens with zero attached hydrogens (tertiary/aromatic N) is 6. The van der Waals surface area contributed by atoms with Gasteiger partial charge in [0.25, 0.3) is 0 Å². The Morgan fingerprint density at radius 2 is 2.26 bits per heavy atom. The zero-order valence-corrected chi connectivity index (χ0v) is 13.8. The quantitative estimate of drug-likeness (QED) is 0.737. The average molecular weight is 326 g/mol. The maximum atomic E-state index is 4.36. The molecule has 0 unspecified atom stereocenters. The summed E-state index contributed by atoms with van der Waals surface area (Å²) in [6, 6.07) is 5.86. The van der Waals surface area contributed by atoms with Gasteiger partial charge in [-0.3, -0.25) is 9.67 Å². The standard InChI is InChI=1S/C16H18N6S/c1-21-10-13(9-18-21)8-12-5-7-22(11-12)16-20-19-15(23-16)14-4-2-3-6-17-14/h2-4,6,9-10,12H,5,7-8,11H2,1H3/t12-/m0/s1. The van der Waals surface area contributed by atoms with Crippen molar-refractivity contribution in [3.63, 3.8) is 0 Å². The molecule has 118 valence electrons. The molecule has 3 aromatic rings. The Hall–Kier alpha value is -2.28. The molecule has 7 heteroatoms. The molecule has 6 nitrogen and oxygen atoms in total. The lowest BCUT2D eigenvalue weighted by molar-refractivity contribution is 0.586. The lowest BCUT2D eigenvalue weighted by Gasteiger charge is -2.13. The van der Waals surface area contributed by atoms with E-state index in [1.165, 1.54) is 12.0 Å². The van der Waals surface area contributed by atoms with E-state index in [-0.39, 0.29) is 0 Å². The molecular formula is C16H18N6S. The van der Waals surface area contributed by atoms with Gasteiger partial charge in [0.2, 0.25) is 5.13 Å². The van der Waals surface area contributed by atoms with Crippen LogP contribution >= 0.6 is 11.3 Å². The van der Waals surface area contributed by atoms with E-state index in [2.05, 4.69) is 31.4 Å². The number of aromatic nitrogens is 5. The molecular weight excluding hydrogens is 308 g/mol. The summed E-state index contributed by atoms with van der Waals surface area (Å²) in [5.41, 5.74) is 2.20. The minimum Gasteiger partial charge on any atom is -0.346 e. The van der Waals surface area contributed by atoms with E-state index in [1.807, 2.05) is 36.1 Å². The third-order valence-corrected chi connectivity index (χ3v) is 5.14. The molecule has 0 amide bonds. The third-order valence-electron chi connectivity index (χ3n) is 4.14. The lowest BCUT2D eigenvalue weighted by Crippen LogP contribution is -2.19. The fourth-order valence-corrected chi connectivity index (χ4v) is 3.88. The van der Waals surface area contributed by atoms with Crippen LogP contribution in [0.2, 0.25) is 0 Å². The maximum Gasteiger partial charge on any atom is 0.208 e. The van der Waals surface area contributed by atoms with Crippen molar-refractivity contribution in [2.45, 2.75) is 12.8 Å². The highest BCUT2D eigenvalue weighted by Crippen LogP contribution is 2.31. The Morgan fingerprint density at radius 3 is 3.04 bits per heavy atom. The van der Waals surface area contributed by atoms with E-state index < -0.39 is 0 Å². The molecule has 0 aromatic carbocycles. The summed E-state index contributed by atoms with van der Waals surface area (Å²) in [7, 11) is 1.96. The summed E-state index contributed by atoms with van der Waals surface area (Å²) < 4.78 is 1.87. The predicted octanol–water partition coefficient (Wildman–Crippen LogP) is 2.40. The molecule has 3 aromatic heterocycles. The molecule has 0 spiro atoms. The first-order chi connectivity index (χ1) is 11.3. The lowest BCUT2D eigenvalue weighted by atomic mass is 10.0. The second-order valence-electron chi connectivity index (χ2n) is 5.93. The number of anilines is 1. The van der Waals surface area contributed by atoms with E-state index in [0.29, 0.717) is 5.92 Å². The van der Waals surface area contributed by atoms with E-state index in [1.54, 1.807) is 17.5 Å². The van der Waals surface area contributed by atoms with Crippen LogP contribution in [-0.4, -0.2) is 38.1 Å². The number of rotatable bonds is 4. The van der Waals surface area contributed by atoms with Gasteiger partial charge in [0, 0.05) is 32.5 Å². The van der Waals surface area contributed by atoms with Crippen molar-refractivity contribution in [1.29, 1.82) is 0 Å². The molecule has 0 saturated carbocycles. The first-order valence-corrected chi connectivity index (χ1v) is 8.57. The molecule has 1 fully saturated rings. The van der Waals surface area contributed by atoms with Gasteiger partial charge in [-0.05, 0) is 36.5 Å². The van der Waals surface area contributed by atoms with Crippen LogP contribution < -0.4 is 4.90 Å². The normalized spacial score (nSPS) is 17.8. The monoisotopic (exact) mass is 326 g/mol. The molecule has 0 bridgehead atoms. The average Bonchev–Trinajstić information content (AvgIpc) is 3.29. The number of hydrogen-bond acceptors (Lipinski definition) is 6. The van der Waals surface area contributed by atoms with Gasteiger partial charge in [0.05, 0.1) is 6.20 Å². The Bertz CT molecular complexity index is 781. The van der Waals surface area contributed by atoms with Crippen molar-refractivity contribution in [2.75, 3.05) is 18.0 Å². The van der Waals surface area contributed by atoms with E-state index in [4.69, 9.17) is 0 Å². The first kappa shape index (κ1) is 14.3. The van der Waals surface area contributed by atoms with Crippen LogP contribution in [-0.2, 0) is 13.5 Å². The largest absolute Gasteiger partial charge is 0.346 e. The molecule has 0 N–H and O–H groups in total. The predicted molar refractivity (Wildman–Crippen MR) is 90.4 cm³/mol. The van der Waals surface area contributed by atoms with Crippen LogP contribution in [0.5, 0.6) is 0 Å². The van der Waals surface area contributed by atoms with Gasteiger partial charge < -0.3 is 4.90 Å². The Balaban J connectivity index is 1.43. The summed E-state index contributed by atoms with van der Waals surface area (Å²) in [5, 5.41) is 14.8. The highest BCUT2D eigenvalue weighted by Gasteiger charge is 2.25. The molecule has 1 atom stereocenters. The molecule has 23 heavy (non-hydrogen) atoms. The summed E-state index contributed by atoms with van der Waals surface area (Å²) in [5.74, 6) is 0.654. The van der Waals surface area contributed by atoms with E-state index in [0.717, 1.165) is 35.3 Å². The van der Waals surface area contributed by atoms with E-state index in [9.17, 15) is 0 Å². The molecule has 1 aliphatic heterocycles. The Kier molecular flexibility index (Phi) is 3.78. The molecule has 0 radical (unpaired) electrons. The minimum atomic E-state index is 0.654. The molecule has 1 aliphatic rings. The number of pyridine rings is 1. The van der Waals surface area contributed by atoms with Gasteiger partial charge in [-0.2, -0.15) is 5.10 Å². The third kappa shape index (κ3) is 3.10. The highest BCUT2D eigenvalue weighted by atomic mass is 32.1. The van der Waals surface area contributed by atoms with Crippen LogP contribution in [0.4, 0.5) is 5.13 Å². The SMILES string of the molecule is Cn1cc(C[C@@H]2CCN(c3nnc(-c4ccccn4)s3)C2)cn1. The van der Waals surface area contributed by atoms with Gasteiger partial charge in [0.1, 0.15) is 5.69 Å². The second kappa shape index (κ2) is 6.08. The number of aryl methyl sites for hydroxylation is 1. The van der Waals surface area contributed by atoms with Gasteiger partial charge in [0.15, 0.2) is 5.01 Å². The summed E-state index contributed by atoms with van der Waals surface area (Å²) in [6.45, 7) is 2.08. The van der Waals surface area contributed by atoms with Crippen LogP contribution in [0.1, 0.15) is 12.0 Å². The first-order valence-electron chi connectivity index (χ1n) is 7.75. The minimum absolute atomic E-state index is 0.654. The van der Waals surface area contributed by atoms with Gasteiger partial charge >= 0.3 is 0 Å². The molecule has 1 saturated heterocycles. The highest BCUT2D eigenvalue weighted by molar-refractivity contribution is 7.18. The zero-order chi connectivity index (χ0) is 15.6. The second-order valence-corrected chi connectivity index (χ2v) is 6.89. The van der Waals surface area contributed by atoms with Crippen molar-refractivity contribution < 1.29 is 0 Å². The van der Waals surface area contributed by atoms with Crippen molar-refractivity contribution in [2.24, 2.45) is 13.0 Å². The van der Waals surface area contributed by atoms with Crippen molar-refractivity contribution >= 4 is 16.5 Å². The maximum absolute atomic E-state index is 4.36. The molecule has 4 rings (SSSR count). The Morgan fingerprint density at radius 1 is 1.30 bits per heavy atom.